The number of allylic oxidation sites excluding steroid dienone is 4. The summed E-state index contributed by atoms with van der Waals surface area (Å²) in [7, 11) is 0. The smallest absolute Gasteiger partial charge is 0.199 e. The number of nitrogens with zero attached hydrogens (tertiary/aromatic N) is 1. The van der Waals surface area contributed by atoms with Gasteiger partial charge in [-0.25, -0.2) is 0 Å². The molecule has 0 spiro atoms. The largest absolute Gasteiger partial charge is 0.349 e. The van der Waals surface area contributed by atoms with Crippen molar-refractivity contribution in [1.82, 2.24) is 5.32 Å². The lowest BCUT2D eigenvalue weighted by atomic mass is 9.34. The Bertz CT molecular complexity index is 1290. The molecule has 0 aromatic rings. The van der Waals surface area contributed by atoms with Gasteiger partial charge in [-0.05, 0) is 97.5 Å². The highest BCUT2D eigenvalue weighted by atomic mass is 16.8. The first-order chi connectivity index (χ1) is 19.6. The van der Waals surface area contributed by atoms with Crippen molar-refractivity contribution in [3.63, 3.8) is 0 Å². The highest BCUT2D eigenvalue weighted by Crippen LogP contribution is 2.74. The molecule has 42 heavy (non-hydrogen) atoms. The maximum Gasteiger partial charge on any atom is 0.199 e. The molecule has 9 atom stereocenters. The third kappa shape index (κ3) is 4.12. The summed E-state index contributed by atoms with van der Waals surface area (Å²) in [4.78, 5) is 28.0. The van der Waals surface area contributed by atoms with Gasteiger partial charge in [-0.3, -0.25) is 14.9 Å². The molecule has 6 nitrogen and oxygen atoms in total. The number of carbonyl (C=O) groups excluding carboxylic acids is 2. The van der Waals surface area contributed by atoms with Crippen LogP contribution in [0.25, 0.3) is 0 Å². The molecule has 3 saturated carbocycles. The maximum absolute atomic E-state index is 14.7. The first-order valence-electron chi connectivity index (χ1n) is 16.5. The molecule has 1 heterocycles. The van der Waals surface area contributed by atoms with Crippen molar-refractivity contribution in [2.75, 3.05) is 13.2 Å². The second-order valence-electron chi connectivity index (χ2n) is 16.7. The number of rotatable bonds is 6. The Balaban J connectivity index is 1.38. The number of nitrogens with one attached hydrogen (secondary N) is 1. The van der Waals surface area contributed by atoms with Crippen LogP contribution in [0.2, 0.25) is 0 Å². The SMILES string of the molecule is CCNC1OC1OCC[C@]12CCC(C)(C)CC1[C@@H]1C(=O)C=C3[C@@]4(C)C=C(C#N)C(=O)C(C)(C)[C@@H]4CC[C@@]3(C)[C@]1(C)CC2. The van der Waals surface area contributed by atoms with Crippen LogP contribution in [-0.4, -0.2) is 37.2 Å². The Morgan fingerprint density at radius 2 is 1.76 bits per heavy atom. The Kier molecular flexibility index (Phi) is 6.90. The van der Waals surface area contributed by atoms with Gasteiger partial charge in [0.05, 0.1) is 12.2 Å². The van der Waals surface area contributed by atoms with Crippen LogP contribution in [-0.2, 0) is 19.1 Å². The third-order valence-electron chi connectivity index (χ3n) is 13.8. The van der Waals surface area contributed by atoms with Crippen molar-refractivity contribution in [1.29, 1.82) is 5.26 Å². The summed E-state index contributed by atoms with van der Waals surface area (Å²) in [6, 6.07) is 2.22. The molecule has 230 valence electrons. The molecule has 1 aliphatic heterocycles. The minimum absolute atomic E-state index is 0.0128. The average molecular weight is 577 g/mol. The van der Waals surface area contributed by atoms with Crippen molar-refractivity contribution >= 4 is 11.6 Å². The van der Waals surface area contributed by atoms with Gasteiger partial charge < -0.3 is 9.47 Å². The summed E-state index contributed by atoms with van der Waals surface area (Å²) >= 11 is 0. The molecule has 0 aromatic heterocycles. The van der Waals surface area contributed by atoms with E-state index < -0.39 is 10.8 Å². The van der Waals surface area contributed by atoms with Crippen molar-refractivity contribution in [2.45, 2.75) is 119 Å². The second kappa shape index (κ2) is 9.59. The molecule has 5 aliphatic carbocycles. The number of hydrogen-bond donors (Lipinski definition) is 1. The van der Waals surface area contributed by atoms with Crippen LogP contribution in [0.3, 0.4) is 0 Å². The van der Waals surface area contributed by atoms with E-state index in [0.717, 1.165) is 51.5 Å². The van der Waals surface area contributed by atoms with Crippen LogP contribution in [0.1, 0.15) is 107 Å². The maximum atomic E-state index is 14.7. The lowest BCUT2D eigenvalue weighted by Crippen LogP contribution is -2.64. The lowest BCUT2D eigenvalue weighted by molar-refractivity contribution is -0.175. The van der Waals surface area contributed by atoms with Gasteiger partial charge in [0, 0.05) is 16.7 Å². The van der Waals surface area contributed by atoms with E-state index in [1.165, 1.54) is 12.0 Å². The van der Waals surface area contributed by atoms with Crippen molar-refractivity contribution in [3.8, 4) is 6.07 Å². The minimum atomic E-state index is -0.635. The predicted octanol–water partition coefficient (Wildman–Crippen LogP) is 6.90. The standard InChI is InChI=1S/C36H52N2O4/c1-9-38-29-30(42-29)41-17-16-36-14-12-31(2,3)20-23(36)27-24(39)18-26-33(6)19-22(21-37)28(40)32(4,5)25(33)10-11-34(26,7)35(27,8)13-15-36/h18-19,23,25,27,29-30,38H,9-17,20H2,1-8H3/t23?,25-,27+,29?,30?,33-,34+,35+,36+/m0/s1. The van der Waals surface area contributed by atoms with E-state index in [1.807, 2.05) is 26.0 Å². The summed E-state index contributed by atoms with van der Waals surface area (Å²) in [6.45, 7) is 19.4. The highest BCUT2D eigenvalue weighted by molar-refractivity contribution is 6.04. The van der Waals surface area contributed by atoms with E-state index >= 15 is 0 Å². The predicted molar refractivity (Wildman–Crippen MR) is 162 cm³/mol. The molecule has 0 bridgehead atoms. The fourth-order valence-electron chi connectivity index (χ4n) is 11.1. The van der Waals surface area contributed by atoms with Gasteiger partial charge in [0.2, 0.25) is 0 Å². The van der Waals surface area contributed by atoms with Crippen molar-refractivity contribution in [3.05, 3.63) is 23.3 Å². The quantitative estimate of drug-likeness (QED) is 0.346. The Labute approximate surface area is 253 Å². The first-order valence-corrected chi connectivity index (χ1v) is 16.5. The van der Waals surface area contributed by atoms with Gasteiger partial charge in [-0.15, -0.1) is 0 Å². The number of ether oxygens (including phenoxy) is 2. The molecule has 1 saturated heterocycles. The molecule has 1 N–H and O–H groups in total. The zero-order chi connectivity index (χ0) is 30.5. The number of hydrogen-bond acceptors (Lipinski definition) is 6. The van der Waals surface area contributed by atoms with Crippen molar-refractivity contribution < 1.29 is 19.1 Å². The average Bonchev–Trinajstić information content (AvgIpc) is 3.66. The van der Waals surface area contributed by atoms with Crippen LogP contribution in [0, 0.1) is 61.6 Å². The molecule has 0 radical (unpaired) electrons. The summed E-state index contributed by atoms with van der Waals surface area (Å²) < 4.78 is 11.8. The molecule has 6 aliphatic rings. The Morgan fingerprint density at radius 1 is 1.05 bits per heavy atom. The fourth-order valence-corrected chi connectivity index (χ4v) is 11.1. The molecular formula is C36H52N2O4. The number of epoxide rings is 1. The van der Waals surface area contributed by atoms with Gasteiger partial charge in [0.1, 0.15) is 6.07 Å². The summed E-state index contributed by atoms with van der Waals surface area (Å²) in [5.41, 5.74) is 0.279. The Morgan fingerprint density at radius 3 is 2.45 bits per heavy atom. The van der Waals surface area contributed by atoms with Crippen LogP contribution in [0.15, 0.2) is 23.3 Å². The normalized spacial score (nSPS) is 46.7. The number of likely N-dealkylation sites (N-methyl/N-ethyl adjacent to an activating group) is 1. The van der Waals surface area contributed by atoms with Gasteiger partial charge in [0.15, 0.2) is 24.1 Å². The zero-order valence-electron chi connectivity index (χ0n) is 27.2. The van der Waals surface area contributed by atoms with Crippen LogP contribution in [0.4, 0.5) is 0 Å². The minimum Gasteiger partial charge on any atom is -0.349 e. The highest BCUT2D eigenvalue weighted by Gasteiger charge is 2.69. The number of Topliss-reactive ketones (excluding diaryl/α,β-unsaturated/α-hetero) is 1. The van der Waals surface area contributed by atoms with E-state index in [9.17, 15) is 14.9 Å². The number of ketones is 2. The number of nitriles is 1. The summed E-state index contributed by atoms with van der Waals surface area (Å²) in [5, 5.41) is 13.3. The van der Waals surface area contributed by atoms with E-state index in [4.69, 9.17) is 9.47 Å². The summed E-state index contributed by atoms with van der Waals surface area (Å²) in [6.07, 6.45) is 12.2. The van der Waals surface area contributed by atoms with Crippen molar-refractivity contribution in [2.24, 2.45) is 50.2 Å². The molecule has 0 amide bonds. The molecule has 0 aromatic carbocycles. The molecule has 6 heteroatoms. The van der Waals surface area contributed by atoms with Gasteiger partial charge in [-0.2, -0.15) is 5.26 Å². The topological polar surface area (TPSA) is 91.7 Å². The summed E-state index contributed by atoms with van der Waals surface area (Å²) in [5.74, 6) is 0.592. The molecule has 6 rings (SSSR count). The number of fused-ring (bicyclic) bond motifs is 7. The van der Waals surface area contributed by atoms with Gasteiger partial charge in [-0.1, -0.05) is 67.0 Å². The number of carbonyl (C=O) groups is 2. The van der Waals surface area contributed by atoms with Gasteiger partial charge in [0.25, 0.3) is 0 Å². The molecular weight excluding hydrogens is 524 g/mol. The lowest BCUT2D eigenvalue weighted by Gasteiger charge is -2.69. The van der Waals surface area contributed by atoms with E-state index in [-0.39, 0.29) is 63.2 Å². The Hall–Kier alpha value is -1.81. The molecule has 4 fully saturated rings. The van der Waals surface area contributed by atoms with Gasteiger partial charge >= 0.3 is 0 Å². The first kappa shape index (κ1) is 30.2. The van der Waals surface area contributed by atoms with E-state index in [1.54, 1.807) is 0 Å². The van der Waals surface area contributed by atoms with Crippen LogP contribution < -0.4 is 5.32 Å². The molecule has 3 unspecified atom stereocenters. The van der Waals surface area contributed by atoms with E-state index in [2.05, 4.69) is 52.9 Å². The second-order valence-corrected chi connectivity index (χ2v) is 16.7. The van der Waals surface area contributed by atoms with Crippen LogP contribution in [0.5, 0.6) is 0 Å². The monoisotopic (exact) mass is 576 g/mol. The van der Waals surface area contributed by atoms with E-state index in [0.29, 0.717) is 12.5 Å². The van der Waals surface area contributed by atoms with Crippen LogP contribution >= 0.6 is 0 Å². The fraction of sp³-hybridized carbons (Fsp3) is 0.806. The zero-order valence-corrected chi connectivity index (χ0v) is 27.2. The third-order valence-corrected chi connectivity index (χ3v) is 13.8.